The minimum atomic E-state index is -1.52. The Morgan fingerprint density at radius 3 is 0.625 bits per heavy atom. The van der Waals surface area contributed by atoms with Gasteiger partial charge in [-0.15, -0.1) is 0 Å². The van der Waals surface area contributed by atoms with E-state index in [1.807, 2.05) is 0 Å². The molecule has 0 unspecified atom stereocenters. The van der Waals surface area contributed by atoms with Crippen molar-refractivity contribution in [2.24, 2.45) is 0 Å². The van der Waals surface area contributed by atoms with Gasteiger partial charge >= 0.3 is 0 Å². The van der Waals surface area contributed by atoms with Crippen molar-refractivity contribution >= 4 is 0 Å². The Balaban J connectivity index is 2.29. The van der Waals surface area contributed by atoms with Crippen LogP contribution in [0.15, 0.2) is 0 Å². The molecule has 8 heavy (non-hydrogen) atoms. The van der Waals surface area contributed by atoms with E-state index in [9.17, 15) is 0 Å². The number of hydrogen-bond acceptors (Lipinski definition) is 4. The van der Waals surface area contributed by atoms with Gasteiger partial charge in [0.05, 0.1) is 0 Å². The molecule has 4 fully saturated rings. The molecule has 4 N–H and O–H groups in total. The summed E-state index contributed by atoms with van der Waals surface area (Å²) >= 11 is 0. The molecule has 4 aliphatic rings. The summed E-state index contributed by atoms with van der Waals surface area (Å²) in [7, 11) is 0. The Hall–Kier alpha value is -0.160. The summed E-state index contributed by atoms with van der Waals surface area (Å²) in [4.78, 5) is 0. The lowest BCUT2D eigenvalue weighted by atomic mass is 10.8. The van der Waals surface area contributed by atoms with Crippen molar-refractivity contribution < 1.29 is 20.4 Å². The molecule has 0 aliphatic heterocycles. The maximum atomic E-state index is 8.77. The fraction of sp³-hybridized carbons (Fsp3) is 1.00. The average Bonchev–Trinajstić information content (AvgIpc) is 2.46. The molecule has 0 spiro atoms. The first-order chi connectivity index (χ1) is 3.50. The van der Waals surface area contributed by atoms with E-state index in [1.165, 1.54) is 0 Å². The largest absolute Gasteiger partial charge is 0.380 e. The highest BCUT2D eigenvalue weighted by molar-refractivity contribution is 5.93. The molecule has 4 saturated carbocycles. The van der Waals surface area contributed by atoms with E-state index < -0.39 is 22.4 Å². The van der Waals surface area contributed by atoms with Crippen molar-refractivity contribution in [1.82, 2.24) is 0 Å². The van der Waals surface area contributed by atoms with E-state index in [1.54, 1.807) is 0 Å². The second-order valence-electron chi connectivity index (χ2n) is 2.84. The van der Waals surface area contributed by atoms with Crippen LogP contribution < -0.4 is 0 Å². The van der Waals surface area contributed by atoms with Gasteiger partial charge in [0, 0.05) is 0 Å². The van der Waals surface area contributed by atoms with Gasteiger partial charge in [-0.2, -0.15) is 0 Å². The maximum Gasteiger partial charge on any atom is 0.169 e. The Morgan fingerprint density at radius 1 is 0.500 bits per heavy atom. The van der Waals surface area contributed by atoms with Gasteiger partial charge in [0.25, 0.3) is 0 Å². The van der Waals surface area contributed by atoms with Crippen LogP contribution in [-0.4, -0.2) is 42.8 Å². The molecule has 0 atom stereocenters. The zero-order valence-electron chi connectivity index (χ0n) is 3.79. The molecule has 0 saturated heterocycles. The maximum absolute atomic E-state index is 8.77. The van der Waals surface area contributed by atoms with Crippen LogP contribution in [0.25, 0.3) is 0 Å². The summed E-state index contributed by atoms with van der Waals surface area (Å²) < 4.78 is 0. The van der Waals surface area contributed by atoms with Gasteiger partial charge in [0.2, 0.25) is 0 Å². The summed E-state index contributed by atoms with van der Waals surface area (Å²) in [6, 6.07) is 0. The first-order valence-corrected chi connectivity index (χ1v) is 2.39. The predicted octanol–water partition coefficient (Wildman–Crippen LogP) is -3.05. The average molecular weight is 116 g/mol. The van der Waals surface area contributed by atoms with Crippen molar-refractivity contribution in [1.29, 1.82) is 0 Å². The molecular formula is C4H4O4. The second kappa shape index (κ2) is 0.410. The Morgan fingerprint density at radius 2 is 0.625 bits per heavy atom. The summed E-state index contributed by atoms with van der Waals surface area (Å²) in [6.07, 6.45) is 0. The molecule has 0 bridgehead atoms. The van der Waals surface area contributed by atoms with Crippen molar-refractivity contribution in [3.8, 4) is 0 Å². The lowest BCUT2D eigenvalue weighted by Crippen LogP contribution is -1.85. The smallest absolute Gasteiger partial charge is 0.169 e. The minimum absolute atomic E-state index is 1.52. The molecule has 0 heterocycles. The van der Waals surface area contributed by atoms with Crippen LogP contribution in [0.4, 0.5) is 0 Å². The number of rotatable bonds is 0. The highest BCUT2D eigenvalue weighted by atomic mass is 16.6. The van der Waals surface area contributed by atoms with Crippen molar-refractivity contribution in [3.63, 3.8) is 0 Å². The number of hydrogen-bond donors (Lipinski definition) is 4. The van der Waals surface area contributed by atoms with Gasteiger partial charge in [-0.3, -0.25) is 0 Å². The van der Waals surface area contributed by atoms with E-state index >= 15 is 0 Å². The first-order valence-electron chi connectivity index (χ1n) is 2.39. The monoisotopic (exact) mass is 116 g/mol. The van der Waals surface area contributed by atoms with E-state index in [-0.39, 0.29) is 0 Å². The molecule has 0 aromatic heterocycles. The molecule has 4 heteroatoms. The summed E-state index contributed by atoms with van der Waals surface area (Å²) in [6.45, 7) is 0. The molecule has 0 aromatic carbocycles. The molecule has 4 rings (SSSR count). The highest BCUT2D eigenvalue weighted by Crippen LogP contribution is 3.09. The van der Waals surface area contributed by atoms with Gasteiger partial charge in [-0.25, -0.2) is 0 Å². The molecule has 4 aliphatic carbocycles. The zero-order chi connectivity index (χ0) is 6.00. The van der Waals surface area contributed by atoms with Crippen molar-refractivity contribution in [3.05, 3.63) is 0 Å². The topological polar surface area (TPSA) is 80.9 Å². The first kappa shape index (κ1) is 3.79. The molecule has 0 radical (unpaired) electrons. The van der Waals surface area contributed by atoms with Gasteiger partial charge in [0.1, 0.15) is 0 Å². The lowest BCUT2D eigenvalue weighted by Gasteiger charge is -1.63. The summed E-state index contributed by atoms with van der Waals surface area (Å²) in [5, 5.41) is 35.1. The van der Waals surface area contributed by atoms with Crippen LogP contribution >= 0.6 is 0 Å². The van der Waals surface area contributed by atoms with Gasteiger partial charge in [-0.05, 0) is 0 Å². The fourth-order valence-corrected chi connectivity index (χ4v) is 1.87. The van der Waals surface area contributed by atoms with E-state index in [0.717, 1.165) is 0 Å². The van der Waals surface area contributed by atoms with Crippen LogP contribution in [0.3, 0.4) is 0 Å². The fourth-order valence-electron chi connectivity index (χ4n) is 1.87. The van der Waals surface area contributed by atoms with E-state index in [0.29, 0.717) is 0 Å². The van der Waals surface area contributed by atoms with Crippen LogP contribution in [-0.2, 0) is 0 Å². The highest BCUT2D eigenvalue weighted by Gasteiger charge is 3.43. The third kappa shape index (κ3) is 0.0651. The molecule has 0 aromatic rings. The standard InChI is InChI=1S/C4H4O4/c5-1-2(6)3(1,7)4(1,2)8/h5-8H. The van der Waals surface area contributed by atoms with E-state index in [4.69, 9.17) is 20.4 Å². The third-order valence-corrected chi connectivity index (χ3v) is 2.89. The quantitative estimate of drug-likeness (QED) is 0.271. The van der Waals surface area contributed by atoms with Gasteiger partial charge in [0.15, 0.2) is 22.4 Å². The van der Waals surface area contributed by atoms with Crippen LogP contribution in [0, 0.1) is 0 Å². The second-order valence-corrected chi connectivity index (χ2v) is 2.84. The van der Waals surface area contributed by atoms with Crippen LogP contribution in [0.2, 0.25) is 0 Å². The molecule has 4 nitrogen and oxygen atoms in total. The third-order valence-electron chi connectivity index (χ3n) is 2.89. The zero-order valence-corrected chi connectivity index (χ0v) is 3.79. The summed E-state index contributed by atoms with van der Waals surface area (Å²) in [5.41, 5.74) is -6.08. The SMILES string of the molecule is OC12C3(O)C1(O)C23O. The van der Waals surface area contributed by atoms with Gasteiger partial charge in [-0.1, -0.05) is 0 Å². The molecule has 44 valence electrons. The summed E-state index contributed by atoms with van der Waals surface area (Å²) in [5.74, 6) is 0. The normalized spacial score (nSPS) is 97.5. The van der Waals surface area contributed by atoms with Crippen molar-refractivity contribution in [2.45, 2.75) is 22.4 Å². The Bertz CT molecular complexity index is 142. The van der Waals surface area contributed by atoms with Crippen molar-refractivity contribution in [2.75, 3.05) is 0 Å². The minimum Gasteiger partial charge on any atom is -0.380 e. The number of aliphatic hydroxyl groups is 4. The van der Waals surface area contributed by atoms with E-state index in [2.05, 4.69) is 0 Å². The molecular weight excluding hydrogens is 112 g/mol. The van der Waals surface area contributed by atoms with Crippen LogP contribution in [0.1, 0.15) is 0 Å². The molecule has 0 amide bonds. The lowest BCUT2D eigenvalue weighted by molar-refractivity contribution is 0.180. The van der Waals surface area contributed by atoms with Crippen LogP contribution in [0.5, 0.6) is 0 Å². The predicted molar refractivity (Wildman–Crippen MR) is 19.8 cm³/mol. The Kier molecular flexibility index (Phi) is 0.194. The Labute approximate surface area is 44.0 Å². The van der Waals surface area contributed by atoms with Gasteiger partial charge < -0.3 is 20.4 Å².